The maximum atomic E-state index is 5.82. The fourth-order valence-electron chi connectivity index (χ4n) is 8.46. The van der Waals surface area contributed by atoms with Crippen molar-refractivity contribution >= 4 is 0 Å². The molecule has 6 aliphatic rings. The van der Waals surface area contributed by atoms with Gasteiger partial charge >= 0.3 is 0 Å². The Bertz CT molecular complexity index is 468. The maximum Gasteiger partial charge on any atom is 0.0605 e. The first-order valence-corrected chi connectivity index (χ1v) is 8.58. The second kappa shape index (κ2) is 3.13. The van der Waals surface area contributed by atoms with Gasteiger partial charge in [0.15, 0.2) is 0 Å². The Balaban J connectivity index is 1.42. The minimum atomic E-state index is 0.623. The lowest BCUT2D eigenvalue weighted by atomic mass is 9.60. The van der Waals surface area contributed by atoms with Crippen LogP contribution < -0.4 is 0 Å². The van der Waals surface area contributed by atoms with Crippen molar-refractivity contribution in [3.63, 3.8) is 0 Å². The molecule has 0 heterocycles. The highest BCUT2D eigenvalue weighted by atomic mass is 16.5. The zero-order chi connectivity index (χ0) is 12.3. The van der Waals surface area contributed by atoms with Gasteiger partial charge < -0.3 is 4.74 Å². The van der Waals surface area contributed by atoms with E-state index in [-0.39, 0.29) is 0 Å². The van der Waals surface area contributed by atoms with Crippen LogP contribution in [0.5, 0.6) is 0 Å². The summed E-state index contributed by atoms with van der Waals surface area (Å²) in [5.74, 6) is 10.6. The van der Waals surface area contributed by atoms with Gasteiger partial charge in [-0.25, -0.2) is 0 Å². The van der Waals surface area contributed by atoms with E-state index in [0.29, 0.717) is 6.10 Å². The van der Waals surface area contributed by atoms with Gasteiger partial charge in [-0.1, -0.05) is 12.2 Å². The molecule has 6 aliphatic carbocycles. The monoisotopic (exact) mass is 256 g/mol. The Morgan fingerprint density at radius 2 is 1.47 bits per heavy atom. The standard InChI is InChI=1S/C18H24O/c1-19-14-6-10-5-11(14)18-13-7-12(17(10)18)15-8-2-3-9(4-8)16(13)15/h2-3,8-18H,4-7H2,1H3. The zero-order valence-corrected chi connectivity index (χ0v) is 11.7. The van der Waals surface area contributed by atoms with Crippen molar-refractivity contribution in [2.45, 2.75) is 31.8 Å². The molecule has 0 aromatic heterocycles. The third-order valence-electron chi connectivity index (χ3n) is 8.48. The summed E-state index contributed by atoms with van der Waals surface area (Å²) in [6.07, 6.45) is 11.8. The van der Waals surface area contributed by atoms with Crippen molar-refractivity contribution in [1.82, 2.24) is 0 Å². The van der Waals surface area contributed by atoms with Crippen LogP contribution in [0.25, 0.3) is 0 Å². The molecule has 6 rings (SSSR count). The second-order valence-electron chi connectivity index (χ2n) is 8.49. The third kappa shape index (κ3) is 0.981. The van der Waals surface area contributed by atoms with Crippen LogP contribution in [0.4, 0.5) is 0 Å². The molecule has 0 N–H and O–H groups in total. The number of rotatable bonds is 1. The summed E-state index contributed by atoms with van der Waals surface area (Å²) < 4.78 is 5.82. The van der Waals surface area contributed by atoms with Crippen LogP contribution in [0.2, 0.25) is 0 Å². The highest BCUT2D eigenvalue weighted by Gasteiger charge is 2.70. The van der Waals surface area contributed by atoms with Crippen molar-refractivity contribution in [2.75, 3.05) is 7.11 Å². The fourth-order valence-corrected chi connectivity index (χ4v) is 8.46. The summed E-state index contributed by atoms with van der Waals surface area (Å²) >= 11 is 0. The normalized spacial score (nSPS) is 70.1. The summed E-state index contributed by atoms with van der Waals surface area (Å²) in [5.41, 5.74) is 0. The molecule has 5 fully saturated rings. The van der Waals surface area contributed by atoms with Gasteiger partial charge in [-0.15, -0.1) is 0 Å². The van der Waals surface area contributed by atoms with E-state index in [1.54, 1.807) is 6.42 Å². The van der Waals surface area contributed by atoms with Gasteiger partial charge in [0.25, 0.3) is 0 Å². The lowest BCUT2D eigenvalue weighted by molar-refractivity contribution is -0.0293. The fraction of sp³-hybridized carbons (Fsp3) is 0.889. The number of hydrogen-bond donors (Lipinski definition) is 0. The minimum Gasteiger partial charge on any atom is -0.381 e. The molecular formula is C18H24O. The predicted molar refractivity (Wildman–Crippen MR) is 73.3 cm³/mol. The second-order valence-corrected chi connectivity index (χ2v) is 8.49. The first kappa shape index (κ1) is 10.4. The average Bonchev–Trinajstić information content (AvgIpc) is 3.20. The molecule has 6 bridgehead atoms. The van der Waals surface area contributed by atoms with E-state index in [4.69, 9.17) is 4.74 Å². The summed E-state index contributed by atoms with van der Waals surface area (Å²) in [4.78, 5) is 0. The van der Waals surface area contributed by atoms with Gasteiger partial charge in [0.1, 0.15) is 0 Å². The molecule has 102 valence electrons. The smallest absolute Gasteiger partial charge is 0.0605 e. The molecule has 0 aromatic carbocycles. The quantitative estimate of drug-likeness (QED) is 0.516. The highest BCUT2D eigenvalue weighted by Crippen LogP contribution is 2.75. The largest absolute Gasteiger partial charge is 0.381 e. The Labute approximate surface area is 115 Å². The summed E-state index contributed by atoms with van der Waals surface area (Å²) in [6, 6.07) is 0. The van der Waals surface area contributed by atoms with E-state index >= 15 is 0 Å². The summed E-state index contributed by atoms with van der Waals surface area (Å²) in [5, 5.41) is 0. The SMILES string of the molecule is COC1CC2CC1C1C3CC(C4C5C=CC(C5)C34)C21. The molecule has 0 amide bonds. The minimum absolute atomic E-state index is 0.623. The van der Waals surface area contributed by atoms with Gasteiger partial charge in [-0.3, -0.25) is 0 Å². The van der Waals surface area contributed by atoms with Gasteiger partial charge in [0.05, 0.1) is 6.10 Å². The summed E-state index contributed by atoms with van der Waals surface area (Å²) in [7, 11) is 1.96. The van der Waals surface area contributed by atoms with Gasteiger partial charge in [-0.2, -0.15) is 0 Å². The van der Waals surface area contributed by atoms with Crippen molar-refractivity contribution in [1.29, 1.82) is 0 Å². The van der Waals surface area contributed by atoms with Crippen LogP contribution in [0.1, 0.15) is 25.7 Å². The van der Waals surface area contributed by atoms with Crippen molar-refractivity contribution in [2.24, 2.45) is 59.2 Å². The molecule has 0 aliphatic heterocycles. The van der Waals surface area contributed by atoms with E-state index in [0.717, 1.165) is 59.2 Å². The molecular weight excluding hydrogens is 232 g/mol. The Kier molecular flexibility index (Phi) is 1.72. The van der Waals surface area contributed by atoms with Gasteiger partial charge in [0, 0.05) is 7.11 Å². The molecule has 19 heavy (non-hydrogen) atoms. The number of allylic oxidation sites excluding steroid dienone is 2. The Hall–Kier alpha value is -0.300. The zero-order valence-electron chi connectivity index (χ0n) is 11.7. The van der Waals surface area contributed by atoms with Gasteiger partial charge in [0.2, 0.25) is 0 Å². The molecule has 0 spiro atoms. The predicted octanol–water partition coefficient (Wildman–Crippen LogP) is 3.36. The van der Waals surface area contributed by atoms with Crippen molar-refractivity contribution in [3.8, 4) is 0 Å². The molecule has 11 unspecified atom stereocenters. The molecule has 11 atom stereocenters. The average molecular weight is 256 g/mol. The molecule has 1 heteroatoms. The van der Waals surface area contributed by atoms with E-state index in [2.05, 4.69) is 12.2 Å². The molecule has 0 saturated heterocycles. The number of ether oxygens (including phenoxy) is 1. The highest BCUT2D eigenvalue weighted by molar-refractivity contribution is 5.25. The molecule has 0 radical (unpaired) electrons. The number of fused-ring (bicyclic) bond motifs is 16. The summed E-state index contributed by atoms with van der Waals surface area (Å²) in [6.45, 7) is 0. The van der Waals surface area contributed by atoms with Crippen molar-refractivity contribution in [3.05, 3.63) is 12.2 Å². The topological polar surface area (TPSA) is 9.23 Å². The van der Waals surface area contributed by atoms with E-state index in [1.807, 2.05) is 7.11 Å². The van der Waals surface area contributed by atoms with E-state index in [9.17, 15) is 0 Å². The third-order valence-corrected chi connectivity index (χ3v) is 8.48. The van der Waals surface area contributed by atoms with Crippen LogP contribution in [-0.4, -0.2) is 13.2 Å². The lowest BCUT2D eigenvalue weighted by Gasteiger charge is -2.45. The maximum absolute atomic E-state index is 5.82. The Morgan fingerprint density at radius 1 is 0.737 bits per heavy atom. The van der Waals surface area contributed by atoms with Crippen LogP contribution >= 0.6 is 0 Å². The van der Waals surface area contributed by atoms with Crippen LogP contribution in [0.15, 0.2) is 12.2 Å². The lowest BCUT2D eigenvalue weighted by Crippen LogP contribution is -2.43. The van der Waals surface area contributed by atoms with E-state index in [1.165, 1.54) is 19.3 Å². The molecule has 1 nitrogen and oxygen atoms in total. The first-order valence-electron chi connectivity index (χ1n) is 8.58. The van der Waals surface area contributed by atoms with Crippen LogP contribution in [0, 0.1) is 59.2 Å². The van der Waals surface area contributed by atoms with Crippen LogP contribution in [0.3, 0.4) is 0 Å². The van der Waals surface area contributed by atoms with Gasteiger partial charge in [-0.05, 0) is 84.9 Å². The number of hydrogen-bond acceptors (Lipinski definition) is 1. The van der Waals surface area contributed by atoms with Crippen LogP contribution in [-0.2, 0) is 4.74 Å². The molecule has 0 aromatic rings. The Morgan fingerprint density at radius 3 is 2.21 bits per heavy atom. The first-order chi connectivity index (χ1) is 9.36. The van der Waals surface area contributed by atoms with E-state index < -0.39 is 0 Å². The van der Waals surface area contributed by atoms with Crippen molar-refractivity contribution < 1.29 is 4.74 Å². The number of methoxy groups -OCH3 is 1. The molecule has 5 saturated carbocycles.